The molecule has 1 unspecified atom stereocenters. The molecule has 1 amide bonds. The van der Waals surface area contributed by atoms with E-state index in [0.29, 0.717) is 12.0 Å². The van der Waals surface area contributed by atoms with Gasteiger partial charge in [0, 0.05) is 17.7 Å². The van der Waals surface area contributed by atoms with Crippen LogP contribution in [0.25, 0.3) is 0 Å². The first-order valence-electron chi connectivity index (χ1n) is 8.63. The van der Waals surface area contributed by atoms with E-state index in [2.05, 4.69) is 22.4 Å². The number of aryl methyl sites for hydroxylation is 2. The zero-order valence-corrected chi connectivity index (χ0v) is 14.0. The van der Waals surface area contributed by atoms with Crippen LogP contribution in [0.2, 0.25) is 0 Å². The third kappa shape index (κ3) is 3.91. The van der Waals surface area contributed by atoms with Crippen LogP contribution < -0.4 is 10.9 Å². The Morgan fingerprint density at radius 1 is 1.33 bits per heavy atom. The molecule has 0 fully saturated rings. The number of hydrogen-bond donors (Lipinski definition) is 2. The maximum Gasteiger partial charge on any atom is 0.264 e. The number of aromatic amines is 1. The van der Waals surface area contributed by atoms with Crippen LogP contribution in [0.4, 0.5) is 0 Å². The molecule has 0 radical (unpaired) electrons. The molecule has 1 aromatic carbocycles. The van der Waals surface area contributed by atoms with E-state index in [1.165, 1.54) is 18.4 Å². The van der Waals surface area contributed by atoms with E-state index < -0.39 is 0 Å². The van der Waals surface area contributed by atoms with Gasteiger partial charge in [-0.3, -0.25) is 9.59 Å². The molecule has 1 heterocycles. The molecule has 1 aliphatic rings. The number of unbranched alkanes of at least 4 members (excludes halogenated alkanes) is 1. The summed E-state index contributed by atoms with van der Waals surface area (Å²) >= 11 is 0. The Hall–Kier alpha value is -2.43. The lowest BCUT2D eigenvalue weighted by Crippen LogP contribution is -2.39. The van der Waals surface area contributed by atoms with Crippen molar-refractivity contribution in [1.82, 2.24) is 15.5 Å². The Labute approximate surface area is 141 Å². The minimum Gasteiger partial charge on any atom is -0.349 e. The van der Waals surface area contributed by atoms with E-state index in [1.54, 1.807) is 6.07 Å². The zero-order valence-electron chi connectivity index (χ0n) is 14.0. The highest BCUT2D eigenvalue weighted by Gasteiger charge is 2.22. The standard InChI is InChI=1S/C19H23N3O2/c1-2-3-4-13-5-7-14(8-6-13)19(24)20-16-9-10-17-15(11-16)12-18(23)22-21-17/h5-8,12,16H,2-4,9-11H2,1H3,(H,20,24)(H,22,23). The molecule has 0 bridgehead atoms. The van der Waals surface area contributed by atoms with E-state index in [9.17, 15) is 9.59 Å². The Kier molecular flexibility index (Phi) is 5.08. The number of carbonyl (C=O) groups excluding carboxylic acids is 1. The number of fused-ring (bicyclic) bond motifs is 1. The maximum atomic E-state index is 12.4. The van der Waals surface area contributed by atoms with Gasteiger partial charge in [0.1, 0.15) is 0 Å². The van der Waals surface area contributed by atoms with E-state index in [0.717, 1.165) is 30.5 Å². The number of benzene rings is 1. The number of hydrogen-bond acceptors (Lipinski definition) is 3. The number of H-pyrrole nitrogens is 1. The molecule has 5 nitrogen and oxygen atoms in total. The molecule has 5 heteroatoms. The second kappa shape index (κ2) is 7.43. The highest BCUT2D eigenvalue weighted by Crippen LogP contribution is 2.18. The normalized spacial score (nSPS) is 16.5. The van der Waals surface area contributed by atoms with Crippen LogP contribution in [0.3, 0.4) is 0 Å². The van der Waals surface area contributed by atoms with Gasteiger partial charge in [-0.1, -0.05) is 25.5 Å². The lowest BCUT2D eigenvalue weighted by molar-refractivity contribution is 0.0933. The predicted molar refractivity (Wildman–Crippen MR) is 93.2 cm³/mol. The number of amides is 1. The summed E-state index contributed by atoms with van der Waals surface area (Å²) < 4.78 is 0. The van der Waals surface area contributed by atoms with Gasteiger partial charge in [0.2, 0.25) is 0 Å². The van der Waals surface area contributed by atoms with Gasteiger partial charge in [0.15, 0.2) is 0 Å². The fraction of sp³-hybridized carbons (Fsp3) is 0.421. The monoisotopic (exact) mass is 325 g/mol. The average Bonchev–Trinajstić information content (AvgIpc) is 2.60. The summed E-state index contributed by atoms with van der Waals surface area (Å²) in [6, 6.07) is 9.48. The summed E-state index contributed by atoms with van der Waals surface area (Å²) in [4.78, 5) is 23.8. The molecular formula is C19H23N3O2. The molecule has 0 aliphatic heterocycles. The fourth-order valence-corrected chi connectivity index (χ4v) is 3.14. The molecule has 126 valence electrons. The van der Waals surface area contributed by atoms with Crippen LogP contribution in [-0.4, -0.2) is 22.1 Å². The highest BCUT2D eigenvalue weighted by atomic mass is 16.1. The SMILES string of the molecule is CCCCc1ccc(C(=O)NC2CCc3n[nH]c(=O)cc3C2)cc1. The molecule has 1 atom stereocenters. The van der Waals surface area contributed by atoms with Crippen molar-refractivity contribution >= 4 is 5.91 Å². The molecule has 0 spiro atoms. The van der Waals surface area contributed by atoms with Crippen LogP contribution >= 0.6 is 0 Å². The van der Waals surface area contributed by atoms with Crippen molar-refractivity contribution in [2.45, 2.75) is 51.5 Å². The Balaban J connectivity index is 1.62. The number of carbonyl (C=O) groups is 1. The van der Waals surface area contributed by atoms with Gasteiger partial charge in [-0.2, -0.15) is 5.10 Å². The van der Waals surface area contributed by atoms with Gasteiger partial charge in [-0.25, -0.2) is 5.10 Å². The summed E-state index contributed by atoms with van der Waals surface area (Å²) in [5.41, 5.74) is 3.63. The van der Waals surface area contributed by atoms with Crippen molar-refractivity contribution < 1.29 is 4.79 Å². The van der Waals surface area contributed by atoms with E-state index in [4.69, 9.17) is 0 Å². The van der Waals surface area contributed by atoms with Gasteiger partial charge >= 0.3 is 0 Å². The summed E-state index contributed by atoms with van der Waals surface area (Å²) in [7, 11) is 0. The number of nitrogens with one attached hydrogen (secondary N) is 2. The first-order valence-corrected chi connectivity index (χ1v) is 8.63. The van der Waals surface area contributed by atoms with Crippen LogP contribution in [0, 0.1) is 0 Å². The van der Waals surface area contributed by atoms with Crippen molar-refractivity contribution in [2.24, 2.45) is 0 Å². The fourth-order valence-electron chi connectivity index (χ4n) is 3.14. The topological polar surface area (TPSA) is 74.8 Å². The molecule has 3 rings (SSSR count). The van der Waals surface area contributed by atoms with Crippen LogP contribution in [0.5, 0.6) is 0 Å². The van der Waals surface area contributed by atoms with Crippen molar-refractivity contribution in [3.05, 3.63) is 63.1 Å². The van der Waals surface area contributed by atoms with Crippen molar-refractivity contribution in [2.75, 3.05) is 0 Å². The zero-order chi connectivity index (χ0) is 16.9. The molecule has 2 N–H and O–H groups in total. The van der Waals surface area contributed by atoms with Gasteiger partial charge in [0.05, 0.1) is 5.69 Å². The molecule has 24 heavy (non-hydrogen) atoms. The minimum absolute atomic E-state index is 0.0494. The second-order valence-electron chi connectivity index (χ2n) is 6.42. The average molecular weight is 325 g/mol. The first kappa shape index (κ1) is 16.4. The number of nitrogens with zero attached hydrogens (tertiary/aromatic N) is 1. The summed E-state index contributed by atoms with van der Waals surface area (Å²) in [6.45, 7) is 2.17. The lowest BCUT2D eigenvalue weighted by Gasteiger charge is -2.24. The van der Waals surface area contributed by atoms with Crippen molar-refractivity contribution in [3.8, 4) is 0 Å². The Bertz CT molecular complexity index is 765. The Morgan fingerprint density at radius 2 is 2.12 bits per heavy atom. The summed E-state index contributed by atoms with van der Waals surface area (Å²) in [6.07, 6.45) is 5.66. The smallest absolute Gasteiger partial charge is 0.264 e. The van der Waals surface area contributed by atoms with Crippen molar-refractivity contribution in [3.63, 3.8) is 0 Å². The molecule has 1 aliphatic carbocycles. The molecule has 1 aromatic heterocycles. The molecule has 0 saturated carbocycles. The van der Waals surface area contributed by atoms with E-state index in [-0.39, 0.29) is 17.5 Å². The summed E-state index contributed by atoms with van der Waals surface area (Å²) in [5, 5.41) is 9.62. The quantitative estimate of drug-likeness (QED) is 0.886. The highest BCUT2D eigenvalue weighted by molar-refractivity contribution is 5.94. The van der Waals surface area contributed by atoms with E-state index >= 15 is 0 Å². The maximum absolute atomic E-state index is 12.4. The largest absolute Gasteiger partial charge is 0.349 e. The van der Waals surface area contributed by atoms with Crippen LogP contribution in [0.1, 0.15) is 53.4 Å². The van der Waals surface area contributed by atoms with Crippen molar-refractivity contribution in [1.29, 1.82) is 0 Å². The second-order valence-corrected chi connectivity index (χ2v) is 6.42. The lowest BCUT2D eigenvalue weighted by atomic mass is 9.92. The van der Waals surface area contributed by atoms with Crippen LogP contribution in [0.15, 0.2) is 35.1 Å². The number of rotatable bonds is 5. The first-order chi connectivity index (χ1) is 11.7. The summed E-state index contributed by atoms with van der Waals surface area (Å²) in [5.74, 6) is -0.0525. The third-order valence-corrected chi connectivity index (χ3v) is 4.54. The molecule has 2 aromatic rings. The Morgan fingerprint density at radius 3 is 2.88 bits per heavy atom. The van der Waals surface area contributed by atoms with Gasteiger partial charge < -0.3 is 5.32 Å². The van der Waals surface area contributed by atoms with Gasteiger partial charge in [0.25, 0.3) is 11.5 Å². The predicted octanol–water partition coefficient (Wildman–Crippen LogP) is 2.40. The van der Waals surface area contributed by atoms with E-state index in [1.807, 2.05) is 24.3 Å². The molecule has 0 saturated heterocycles. The number of aromatic nitrogens is 2. The third-order valence-electron chi connectivity index (χ3n) is 4.54. The minimum atomic E-state index is -0.191. The van der Waals surface area contributed by atoms with Gasteiger partial charge in [-0.15, -0.1) is 0 Å². The molecular weight excluding hydrogens is 302 g/mol. The van der Waals surface area contributed by atoms with Crippen LogP contribution in [-0.2, 0) is 19.3 Å². The van der Waals surface area contributed by atoms with Gasteiger partial charge in [-0.05, 0) is 55.4 Å².